The lowest BCUT2D eigenvalue weighted by Gasteiger charge is -2.09. The van der Waals surface area contributed by atoms with Crippen LogP contribution in [0.1, 0.15) is 51.4 Å². The molecule has 122 valence electrons. The summed E-state index contributed by atoms with van der Waals surface area (Å²) in [5.41, 5.74) is 2.96. The van der Waals surface area contributed by atoms with Crippen molar-refractivity contribution >= 4 is 23.4 Å². The molecule has 23 heavy (non-hydrogen) atoms. The van der Waals surface area contributed by atoms with Crippen LogP contribution < -0.4 is 0 Å². The molecule has 5 heteroatoms. The summed E-state index contributed by atoms with van der Waals surface area (Å²) in [6, 6.07) is 7.10. The summed E-state index contributed by atoms with van der Waals surface area (Å²) in [5, 5.41) is 0. The van der Waals surface area contributed by atoms with Gasteiger partial charge in [0, 0.05) is 24.2 Å². The van der Waals surface area contributed by atoms with Crippen LogP contribution in [0.4, 0.5) is 0 Å². The summed E-state index contributed by atoms with van der Waals surface area (Å²) in [5.74, 6) is -0.254. The lowest BCUT2D eigenvalue weighted by atomic mass is 9.99. The average molecular weight is 334 g/mol. The van der Waals surface area contributed by atoms with Crippen molar-refractivity contribution in [1.29, 1.82) is 0 Å². The van der Waals surface area contributed by atoms with Crippen LogP contribution in [0.5, 0.6) is 0 Å². The van der Waals surface area contributed by atoms with E-state index in [4.69, 9.17) is 16.3 Å². The molecule has 0 aliphatic carbocycles. The average Bonchev–Trinajstić information content (AvgIpc) is 2.91. The van der Waals surface area contributed by atoms with Crippen molar-refractivity contribution in [2.45, 2.75) is 33.2 Å². The van der Waals surface area contributed by atoms with Gasteiger partial charge in [-0.2, -0.15) is 0 Å². The molecule has 0 aliphatic heterocycles. The first-order chi connectivity index (χ1) is 11.0. The van der Waals surface area contributed by atoms with E-state index < -0.39 is 5.97 Å². The van der Waals surface area contributed by atoms with Crippen LogP contribution in [0.3, 0.4) is 0 Å². The molecule has 0 atom stereocenters. The van der Waals surface area contributed by atoms with E-state index in [-0.39, 0.29) is 12.4 Å². The van der Waals surface area contributed by atoms with Gasteiger partial charge in [-0.1, -0.05) is 24.3 Å². The largest absolute Gasteiger partial charge is 0.461 e. The van der Waals surface area contributed by atoms with Gasteiger partial charge in [0.25, 0.3) is 0 Å². The minimum atomic E-state index is -0.469. The molecule has 0 unspecified atom stereocenters. The van der Waals surface area contributed by atoms with Crippen molar-refractivity contribution in [2.24, 2.45) is 0 Å². The number of carbonyl (C=O) groups excluding carboxylic acids is 2. The standard InChI is InChI=1S/C18H20ClNO3/c1-4-20-11-12(3)15(16(20)18(22)23-5-2)17(21)14-8-6-13(10-19)7-9-14/h6-9,11H,4-5,10H2,1-3H3. The van der Waals surface area contributed by atoms with Crippen LogP contribution in [0.2, 0.25) is 0 Å². The number of benzene rings is 1. The monoisotopic (exact) mass is 333 g/mol. The fourth-order valence-corrected chi connectivity index (χ4v) is 2.72. The Morgan fingerprint density at radius 3 is 2.35 bits per heavy atom. The Kier molecular flexibility index (Phi) is 5.61. The van der Waals surface area contributed by atoms with E-state index in [0.717, 1.165) is 11.1 Å². The fourth-order valence-electron chi connectivity index (χ4n) is 2.54. The molecule has 0 spiro atoms. The number of ketones is 1. The highest BCUT2D eigenvalue weighted by Crippen LogP contribution is 2.22. The molecule has 0 fully saturated rings. The van der Waals surface area contributed by atoms with E-state index in [1.165, 1.54) is 0 Å². The summed E-state index contributed by atoms with van der Waals surface area (Å²) < 4.78 is 6.88. The highest BCUT2D eigenvalue weighted by molar-refractivity contribution is 6.17. The summed E-state index contributed by atoms with van der Waals surface area (Å²) >= 11 is 5.78. The van der Waals surface area contributed by atoms with Gasteiger partial charge in [-0.05, 0) is 31.9 Å². The van der Waals surface area contributed by atoms with E-state index in [2.05, 4.69) is 0 Å². The minimum absolute atomic E-state index is 0.182. The quantitative estimate of drug-likeness (QED) is 0.456. The topological polar surface area (TPSA) is 48.3 Å². The van der Waals surface area contributed by atoms with Crippen LogP contribution in [0.15, 0.2) is 30.5 Å². The van der Waals surface area contributed by atoms with Gasteiger partial charge in [0.1, 0.15) is 5.69 Å². The SMILES string of the molecule is CCOC(=O)c1c(C(=O)c2ccc(CCl)cc2)c(C)cn1CC. The van der Waals surface area contributed by atoms with E-state index >= 15 is 0 Å². The second-order valence-electron chi connectivity index (χ2n) is 5.20. The van der Waals surface area contributed by atoms with Gasteiger partial charge < -0.3 is 9.30 Å². The van der Waals surface area contributed by atoms with E-state index in [0.29, 0.717) is 29.2 Å². The number of aromatic nitrogens is 1. The van der Waals surface area contributed by atoms with Crippen LogP contribution in [0.25, 0.3) is 0 Å². The lowest BCUT2D eigenvalue weighted by Crippen LogP contribution is -2.16. The second-order valence-corrected chi connectivity index (χ2v) is 5.47. The molecule has 0 saturated carbocycles. The molecule has 0 radical (unpaired) electrons. The molecule has 4 nitrogen and oxygen atoms in total. The molecular weight excluding hydrogens is 314 g/mol. The summed E-state index contributed by atoms with van der Waals surface area (Å²) in [6.45, 7) is 6.36. The molecule has 0 bridgehead atoms. The van der Waals surface area contributed by atoms with Crippen molar-refractivity contribution in [3.8, 4) is 0 Å². The number of hydrogen-bond donors (Lipinski definition) is 0. The lowest BCUT2D eigenvalue weighted by molar-refractivity contribution is 0.0511. The Morgan fingerprint density at radius 2 is 1.83 bits per heavy atom. The molecule has 2 rings (SSSR count). The van der Waals surface area contributed by atoms with E-state index in [9.17, 15) is 9.59 Å². The first-order valence-corrected chi connectivity index (χ1v) is 8.13. The Morgan fingerprint density at radius 1 is 1.17 bits per heavy atom. The zero-order valence-electron chi connectivity index (χ0n) is 13.6. The van der Waals surface area contributed by atoms with Crippen molar-refractivity contribution in [3.63, 3.8) is 0 Å². The highest BCUT2D eigenvalue weighted by atomic mass is 35.5. The van der Waals surface area contributed by atoms with E-state index in [1.807, 2.05) is 32.2 Å². The fraction of sp³-hybridized carbons (Fsp3) is 0.333. The molecule has 2 aromatic rings. The van der Waals surface area contributed by atoms with Gasteiger partial charge in [-0.3, -0.25) is 4.79 Å². The summed E-state index contributed by atoms with van der Waals surface area (Å²) in [7, 11) is 0. The highest BCUT2D eigenvalue weighted by Gasteiger charge is 2.26. The first-order valence-electron chi connectivity index (χ1n) is 7.59. The predicted molar refractivity (Wildman–Crippen MR) is 90.2 cm³/mol. The third-order valence-electron chi connectivity index (χ3n) is 3.67. The third-order valence-corrected chi connectivity index (χ3v) is 3.98. The van der Waals surface area contributed by atoms with Gasteiger partial charge >= 0.3 is 5.97 Å². The Labute approximate surface area is 141 Å². The molecule has 0 amide bonds. The number of rotatable bonds is 6. The number of halogens is 1. The number of nitrogens with zero attached hydrogens (tertiary/aromatic N) is 1. The smallest absolute Gasteiger partial charge is 0.355 e. The van der Waals surface area contributed by atoms with Gasteiger partial charge in [-0.15, -0.1) is 11.6 Å². The number of ether oxygens (including phenoxy) is 1. The maximum absolute atomic E-state index is 12.9. The third kappa shape index (κ3) is 3.48. The van der Waals surface area contributed by atoms with E-state index in [1.54, 1.807) is 23.6 Å². The Hall–Kier alpha value is -2.07. The molecule has 1 aromatic carbocycles. The van der Waals surface area contributed by atoms with Gasteiger partial charge in [0.2, 0.25) is 0 Å². The van der Waals surface area contributed by atoms with Crippen LogP contribution in [0, 0.1) is 6.92 Å². The second kappa shape index (κ2) is 7.47. The van der Waals surface area contributed by atoms with Crippen molar-refractivity contribution in [2.75, 3.05) is 6.61 Å². The van der Waals surface area contributed by atoms with Crippen LogP contribution >= 0.6 is 11.6 Å². The summed E-state index contributed by atoms with van der Waals surface area (Å²) in [4.78, 5) is 25.2. The maximum Gasteiger partial charge on any atom is 0.355 e. The normalized spacial score (nSPS) is 10.6. The number of esters is 1. The number of aryl methyl sites for hydroxylation is 2. The van der Waals surface area contributed by atoms with Crippen molar-refractivity contribution in [1.82, 2.24) is 4.57 Å². The number of hydrogen-bond acceptors (Lipinski definition) is 3. The molecule has 0 saturated heterocycles. The molecule has 0 N–H and O–H groups in total. The molecule has 1 aromatic heterocycles. The van der Waals surface area contributed by atoms with Crippen LogP contribution in [-0.2, 0) is 17.2 Å². The zero-order valence-corrected chi connectivity index (χ0v) is 14.3. The molecule has 0 aliphatic rings. The Bertz CT molecular complexity index is 717. The predicted octanol–water partition coefficient (Wildman–Crippen LogP) is 3.96. The van der Waals surface area contributed by atoms with Gasteiger partial charge in [0.15, 0.2) is 5.78 Å². The Balaban J connectivity index is 2.50. The number of alkyl halides is 1. The van der Waals surface area contributed by atoms with Gasteiger partial charge in [-0.25, -0.2) is 4.79 Å². The van der Waals surface area contributed by atoms with Crippen molar-refractivity contribution in [3.05, 3.63) is 58.4 Å². The minimum Gasteiger partial charge on any atom is -0.461 e. The van der Waals surface area contributed by atoms with Gasteiger partial charge in [0.05, 0.1) is 12.2 Å². The summed E-state index contributed by atoms with van der Waals surface area (Å²) in [6.07, 6.45) is 1.81. The zero-order chi connectivity index (χ0) is 17.0. The van der Waals surface area contributed by atoms with Crippen LogP contribution in [-0.4, -0.2) is 22.9 Å². The maximum atomic E-state index is 12.9. The van der Waals surface area contributed by atoms with Crippen molar-refractivity contribution < 1.29 is 14.3 Å². The molecule has 1 heterocycles. The first kappa shape index (κ1) is 17.3. The molecular formula is C18H20ClNO3. The number of carbonyl (C=O) groups is 2.